The molecule has 1 aromatic carbocycles. The first kappa shape index (κ1) is 19.3. The number of carbonyl (C=O) groups excluding carboxylic acids is 2. The zero-order valence-corrected chi connectivity index (χ0v) is 17.3. The van der Waals surface area contributed by atoms with Crippen molar-refractivity contribution in [1.82, 2.24) is 15.3 Å². The number of hydrogen-bond donors (Lipinski definition) is 3. The van der Waals surface area contributed by atoms with Gasteiger partial charge in [0, 0.05) is 27.6 Å². The average Bonchev–Trinajstić information content (AvgIpc) is 3.38. The highest BCUT2D eigenvalue weighted by Crippen LogP contribution is 2.35. The Bertz CT molecular complexity index is 1220. The molecule has 0 saturated heterocycles. The summed E-state index contributed by atoms with van der Waals surface area (Å²) in [5.74, 6) is -0.831. The molecule has 0 fully saturated rings. The van der Waals surface area contributed by atoms with E-state index in [0.717, 1.165) is 20.3 Å². The number of carbonyl (C=O) groups is 2. The van der Waals surface area contributed by atoms with Gasteiger partial charge in [-0.25, -0.2) is 9.37 Å². The molecule has 3 heterocycles. The topological polar surface area (TPSA) is 86.9 Å². The molecule has 29 heavy (non-hydrogen) atoms. The summed E-state index contributed by atoms with van der Waals surface area (Å²) in [4.78, 5) is 34.1. The van der Waals surface area contributed by atoms with Crippen LogP contribution in [-0.2, 0) is 11.3 Å². The van der Waals surface area contributed by atoms with Gasteiger partial charge in [-0.05, 0) is 37.3 Å². The minimum Gasteiger partial charge on any atom is -0.351 e. The molecule has 0 aliphatic carbocycles. The Balaban J connectivity index is 1.52. The van der Waals surface area contributed by atoms with E-state index >= 15 is 0 Å². The summed E-state index contributed by atoms with van der Waals surface area (Å²) < 4.78 is 13.9. The number of benzene rings is 1. The van der Waals surface area contributed by atoms with Crippen molar-refractivity contribution in [3.05, 3.63) is 57.7 Å². The fraction of sp³-hybridized carbons (Fsp3) is 0.150. The monoisotopic (exact) mass is 428 g/mol. The molecule has 9 heteroatoms. The number of aromatic nitrogens is 2. The lowest BCUT2D eigenvalue weighted by Crippen LogP contribution is -2.17. The summed E-state index contributed by atoms with van der Waals surface area (Å²) in [6.45, 7) is 3.90. The molecule has 0 aliphatic rings. The van der Waals surface area contributed by atoms with Gasteiger partial charge in [0.15, 0.2) is 5.13 Å². The van der Waals surface area contributed by atoms with E-state index in [0.29, 0.717) is 22.6 Å². The van der Waals surface area contributed by atoms with Crippen molar-refractivity contribution in [3.63, 3.8) is 0 Å². The summed E-state index contributed by atoms with van der Waals surface area (Å²) in [7, 11) is 0. The second kappa shape index (κ2) is 7.76. The Kier molecular flexibility index (Phi) is 5.16. The smallest absolute Gasteiger partial charge is 0.273 e. The highest BCUT2D eigenvalue weighted by Gasteiger charge is 2.16. The third-order valence-corrected chi connectivity index (χ3v) is 6.26. The third-order valence-electron chi connectivity index (χ3n) is 4.28. The molecule has 0 spiro atoms. The number of thiazole rings is 1. The molecule has 0 atom stereocenters. The predicted octanol–water partition coefficient (Wildman–Crippen LogP) is 4.69. The Hall–Kier alpha value is -3.04. The zero-order chi connectivity index (χ0) is 20.5. The van der Waals surface area contributed by atoms with Gasteiger partial charge in [-0.3, -0.25) is 14.9 Å². The molecular formula is C20H17FN4O2S2. The van der Waals surface area contributed by atoms with Crippen molar-refractivity contribution in [2.45, 2.75) is 20.4 Å². The van der Waals surface area contributed by atoms with Gasteiger partial charge < -0.3 is 10.3 Å². The van der Waals surface area contributed by atoms with Crippen LogP contribution in [0, 0.1) is 12.7 Å². The van der Waals surface area contributed by atoms with Crippen LogP contribution in [-0.4, -0.2) is 21.8 Å². The zero-order valence-electron chi connectivity index (χ0n) is 15.6. The number of thiophene rings is 1. The summed E-state index contributed by atoms with van der Waals surface area (Å²) in [5, 5.41) is 6.40. The lowest BCUT2D eigenvalue weighted by molar-refractivity contribution is -0.119. The number of fused-ring (bicyclic) bond motifs is 1. The second-order valence-corrected chi connectivity index (χ2v) is 8.81. The summed E-state index contributed by atoms with van der Waals surface area (Å²) >= 11 is 2.92. The van der Waals surface area contributed by atoms with E-state index < -0.39 is 0 Å². The first-order valence-electron chi connectivity index (χ1n) is 8.80. The van der Waals surface area contributed by atoms with Gasteiger partial charge >= 0.3 is 0 Å². The lowest BCUT2D eigenvalue weighted by Gasteiger charge is -1.98. The van der Waals surface area contributed by atoms with E-state index in [1.807, 2.05) is 19.1 Å². The van der Waals surface area contributed by atoms with E-state index in [4.69, 9.17) is 0 Å². The van der Waals surface area contributed by atoms with Crippen molar-refractivity contribution in [3.8, 4) is 10.6 Å². The molecule has 0 radical (unpaired) electrons. The van der Waals surface area contributed by atoms with Crippen LogP contribution < -0.4 is 10.6 Å². The Morgan fingerprint density at radius 2 is 2.03 bits per heavy atom. The maximum Gasteiger partial charge on any atom is 0.273 e. The van der Waals surface area contributed by atoms with Gasteiger partial charge in [-0.15, -0.1) is 22.7 Å². The SMILES string of the molecule is CC(=O)NCc1ccc(-c2nc(NC(=O)c3cc4c(F)cccc4[nH]3)sc2C)s1. The number of H-pyrrole nitrogens is 1. The van der Waals surface area contributed by atoms with Crippen LogP contribution in [0.15, 0.2) is 36.4 Å². The predicted molar refractivity (Wildman–Crippen MR) is 114 cm³/mol. The molecule has 2 amide bonds. The minimum absolute atomic E-state index is 0.0772. The number of anilines is 1. The van der Waals surface area contributed by atoms with Gasteiger partial charge in [-0.2, -0.15) is 0 Å². The fourth-order valence-electron chi connectivity index (χ4n) is 2.90. The van der Waals surface area contributed by atoms with Crippen molar-refractivity contribution in [1.29, 1.82) is 0 Å². The van der Waals surface area contributed by atoms with Crippen LogP contribution >= 0.6 is 22.7 Å². The van der Waals surface area contributed by atoms with E-state index in [9.17, 15) is 14.0 Å². The fourth-order valence-corrected chi connectivity index (χ4v) is 4.78. The largest absolute Gasteiger partial charge is 0.351 e. The number of halogens is 1. The molecular weight excluding hydrogens is 411 g/mol. The van der Waals surface area contributed by atoms with Crippen LogP contribution in [0.3, 0.4) is 0 Å². The average molecular weight is 429 g/mol. The third kappa shape index (κ3) is 4.06. The number of nitrogens with one attached hydrogen (secondary N) is 3. The molecule has 0 bridgehead atoms. The first-order chi connectivity index (χ1) is 13.9. The standard InChI is InChI=1S/C20H17FN4O2S2/c1-10-18(17-7-6-12(29-17)9-22-11(2)26)24-20(28-10)25-19(27)16-8-13-14(21)4-3-5-15(13)23-16/h3-8,23H,9H2,1-2H3,(H,22,26)(H,24,25,27). The lowest BCUT2D eigenvalue weighted by atomic mass is 10.2. The van der Waals surface area contributed by atoms with Gasteiger partial charge in [0.2, 0.25) is 5.91 Å². The molecule has 148 valence electrons. The maximum atomic E-state index is 13.9. The van der Waals surface area contributed by atoms with Crippen LogP contribution in [0.25, 0.3) is 21.5 Å². The van der Waals surface area contributed by atoms with Crippen LogP contribution in [0.2, 0.25) is 0 Å². The normalized spacial score (nSPS) is 11.0. The van der Waals surface area contributed by atoms with Crippen LogP contribution in [0.1, 0.15) is 27.2 Å². The molecule has 4 aromatic rings. The van der Waals surface area contributed by atoms with Gasteiger partial charge in [0.25, 0.3) is 5.91 Å². The number of rotatable bonds is 5. The first-order valence-corrected chi connectivity index (χ1v) is 10.4. The molecule has 3 aromatic heterocycles. The molecule has 0 aliphatic heterocycles. The molecule has 3 N–H and O–H groups in total. The van der Waals surface area contributed by atoms with Crippen molar-refractivity contribution in [2.24, 2.45) is 0 Å². The molecule has 6 nitrogen and oxygen atoms in total. The Morgan fingerprint density at radius 1 is 1.21 bits per heavy atom. The van der Waals surface area contributed by atoms with Gasteiger partial charge in [-0.1, -0.05) is 6.07 Å². The highest BCUT2D eigenvalue weighted by atomic mass is 32.1. The summed E-state index contributed by atoms with van der Waals surface area (Å²) in [6, 6.07) is 10.1. The number of hydrogen-bond acceptors (Lipinski definition) is 5. The maximum absolute atomic E-state index is 13.9. The van der Waals surface area contributed by atoms with Crippen LogP contribution in [0.5, 0.6) is 0 Å². The van der Waals surface area contributed by atoms with Crippen molar-refractivity contribution < 1.29 is 14.0 Å². The molecule has 4 rings (SSSR count). The van der Waals surface area contributed by atoms with E-state index in [1.165, 1.54) is 30.4 Å². The Morgan fingerprint density at radius 3 is 2.79 bits per heavy atom. The molecule has 0 unspecified atom stereocenters. The van der Waals surface area contributed by atoms with Crippen molar-refractivity contribution in [2.75, 3.05) is 5.32 Å². The second-order valence-electron chi connectivity index (χ2n) is 6.44. The summed E-state index contributed by atoms with van der Waals surface area (Å²) in [5.41, 5.74) is 1.64. The molecule has 0 saturated carbocycles. The van der Waals surface area contributed by atoms with Crippen molar-refractivity contribution >= 4 is 50.5 Å². The van der Waals surface area contributed by atoms with Crippen LogP contribution in [0.4, 0.5) is 9.52 Å². The quantitative estimate of drug-likeness (QED) is 0.431. The van der Waals surface area contributed by atoms with Gasteiger partial charge in [0.1, 0.15) is 11.5 Å². The minimum atomic E-state index is -0.377. The number of aryl methyl sites for hydroxylation is 1. The number of amides is 2. The number of aromatic amines is 1. The summed E-state index contributed by atoms with van der Waals surface area (Å²) in [6.07, 6.45) is 0. The van der Waals surface area contributed by atoms with Gasteiger partial charge in [0.05, 0.1) is 17.1 Å². The van der Waals surface area contributed by atoms with E-state index in [-0.39, 0.29) is 23.3 Å². The highest BCUT2D eigenvalue weighted by molar-refractivity contribution is 7.18. The van der Waals surface area contributed by atoms with E-state index in [1.54, 1.807) is 23.5 Å². The number of nitrogens with zero attached hydrogens (tertiary/aromatic N) is 1. The Labute approximate surface area is 173 Å². The van der Waals surface area contributed by atoms with E-state index in [2.05, 4.69) is 20.6 Å².